The second kappa shape index (κ2) is 10.5. The highest BCUT2D eigenvalue weighted by Gasteiger charge is 2.19. The summed E-state index contributed by atoms with van der Waals surface area (Å²) in [5, 5.41) is 26.5. The van der Waals surface area contributed by atoms with Gasteiger partial charge in [-0.3, -0.25) is 34.6 Å². The molecule has 0 aromatic heterocycles. The standard InChI is InChI=1S/C19H18N4O9/c1-11-7-12(3-6-15(11)22(27)28)19(26)20-9-18(25)32-10-17(24)21-14-5-4-13(31-2)8-16(14)23(29)30/h3-8H,9-10H2,1-2H3,(H,20,26)(H,21,24). The Morgan fingerprint density at radius 1 is 1.00 bits per heavy atom. The van der Waals surface area contributed by atoms with Crippen LogP contribution in [0.1, 0.15) is 15.9 Å². The first kappa shape index (κ1) is 23.7. The van der Waals surface area contributed by atoms with E-state index in [0.717, 1.165) is 6.07 Å². The Hall–Kier alpha value is -4.55. The third kappa shape index (κ3) is 6.22. The number of benzene rings is 2. The summed E-state index contributed by atoms with van der Waals surface area (Å²) in [6.07, 6.45) is 0. The van der Waals surface area contributed by atoms with Gasteiger partial charge in [-0.2, -0.15) is 0 Å². The first-order chi connectivity index (χ1) is 15.1. The highest BCUT2D eigenvalue weighted by Crippen LogP contribution is 2.28. The van der Waals surface area contributed by atoms with Gasteiger partial charge in [-0.05, 0) is 31.2 Å². The quantitative estimate of drug-likeness (QED) is 0.329. The number of carbonyl (C=O) groups is 3. The molecule has 0 saturated heterocycles. The van der Waals surface area contributed by atoms with Crippen molar-refractivity contribution in [2.24, 2.45) is 0 Å². The molecule has 13 heteroatoms. The number of carbonyl (C=O) groups excluding carboxylic acids is 3. The van der Waals surface area contributed by atoms with E-state index in [1.165, 1.54) is 44.4 Å². The summed E-state index contributed by atoms with van der Waals surface area (Å²) in [7, 11) is 1.33. The first-order valence-corrected chi connectivity index (χ1v) is 8.93. The van der Waals surface area contributed by atoms with Crippen LogP contribution in [-0.4, -0.2) is 47.9 Å². The molecule has 0 saturated carbocycles. The summed E-state index contributed by atoms with van der Waals surface area (Å²) >= 11 is 0. The van der Waals surface area contributed by atoms with Crippen molar-refractivity contribution >= 4 is 34.8 Å². The monoisotopic (exact) mass is 446 g/mol. The third-order valence-corrected chi connectivity index (χ3v) is 4.09. The molecular weight excluding hydrogens is 428 g/mol. The fraction of sp³-hybridized carbons (Fsp3) is 0.211. The Bertz CT molecular complexity index is 1080. The van der Waals surface area contributed by atoms with Crippen LogP contribution in [0.5, 0.6) is 5.75 Å². The molecule has 13 nitrogen and oxygen atoms in total. The van der Waals surface area contributed by atoms with Gasteiger partial charge >= 0.3 is 5.97 Å². The maximum Gasteiger partial charge on any atom is 0.325 e. The molecule has 0 bridgehead atoms. The normalized spacial score (nSPS) is 10.1. The van der Waals surface area contributed by atoms with Crippen LogP contribution in [0.2, 0.25) is 0 Å². The number of ether oxygens (including phenoxy) is 2. The Balaban J connectivity index is 1.86. The summed E-state index contributed by atoms with van der Waals surface area (Å²) in [6.45, 7) is 0.161. The number of hydrogen-bond acceptors (Lipinski definition) is 9. The van der Waals surface area contributed by atoms with Gasteiger partial charge in [0.15, 0.2) is 6.61 Å². The molecule has 0 aliphatic heterocycles. The molecule has 0 unspecified atom stereocenters. The van der Waals surface area contributed by atoms with E-state index in [2.05, 4.69) is 10.6 Å². The molecule has 2 amide bonds. The van der Waals surface area contributed by atoms with Crippen molar-refractivity contribution in [3.05, 3.63) is 67.8 Å². The SMILES string of the molecule is COc1ccc(NC(=O)COC(=O)CNC(=O)c2ccc([N+](=O)[O-])c(C)c2)c([N+](=O)[O-])c1. The lowest BCUT2D eigenvalue weighted by molar-refractivity contribution is -0.385. The number of nitro benzene ring substituents is 2. The third-order valence-electron chi connectivity index (χ3n) is 4.09. The number of hydrogen-bond donors (Lipinski definition) is 2. The number of methoxy groups -OCH3 is 1. The lowest BCUT2D eigenvalue weighted by atomic mass is 10.1. The van der Waals surface area contributed by atoms with E-state index in [4.69, 9.17) is 9.47 Å². The lowest BCUT2D eigenvalue weighted by Crippen LogP contribution is -2.32. The van der Waals surface area contributed by atoms with Crippen LogP contribution in [0.15, 0.2) is 36.4 Å². The summed E-state index contributed by atoms with van der Waals surface area (Å²) in [6, 6.07) is 7.50. The number of anilines is 1. The van der Waals surface area contributed by atoms with Gasteiger partial charge in [0.1, 0.15) is 18.0 Å². The fourth-order valence-electron chi connectivity index (χ4n) is 2.53. The molecule has 0 aliphatic carbocycles. The number of nitro groups is 2. The van der Waals surface area contributed by atoms with E-state index in [9.17, 15) is 34.6 Å². The topological polar surface area (TPSA) is 180 Å². The Morgan fingerprint density at radius 3 is 2.28 bits per heavy atom. The molecule has 0 aliphatic rings. The number of esters is 1. The van der Waals surface area contributed by atoms with E-state index in [-0.39, 0.29) is 28.3 Å². The van der Waals surface area contributed by atoms with E-state index < -0.39 is 46.5 Å². The van der Waals surface area contributed by atoms with Crippen molar-refractivity contribution in [3.8, 4) is 5.75 Å². The highest BCUT2D eigenvalue weighted by molar-refractivity contribution is 5.97. The smallest absolute Gasteiger partial charge is 0.325 e. The zero-order valence-corrected chi connectivity index (χ0v) is 16.9. The molecule has 0 heterocycles. The lowest BCUT2D eigenvalue weighted by Gasteiger charge is -2.09. The van der Waals surface area contributed by atoms with Crippen molar-refractivity contribution in [3.63, 3.8) is 0 Å². The number of aryl methyl sites for hydroxylation is 1. The second-order valence-corrected chi connectivity index (χ2v) is 6.29. The van der Waals surface area contributed by atoms with E-state index in [1.54, 1.807) is 0 Å². The number of nitrogens with one attached hydrogen (secondary N) is 2. The molecule has 0 radical (unpaired) electrons. The Kier molecular flexibility index (Phi) is 7.76. The summed E-state index contributed by atoms with van der Waals surface area (Å²) in [4.78, 5) is 56.4. The van der Waals surface area contributed by atoms with Gasteiger partial charge in [-0.1, -0.05) is 0 Å². The molecule has 0 fully saturated rings. The van der Waals surface area contributed by atoms with Crippen LogP contribution in [0.25, 0.3) is 0 Å². The van der Waals surface area contributed by atoms with Gasteiger partial charge in [0, 0.05) is 17.2 Å². The van der Waals surface area contributed by atoms with Crippen LogP contribution in [-0.2, 0) is 14.3 Å². The largest absolute Gasteiger partial charge is 0.496 e. The van der Waals surface area contributed by atoms with E-state index in [1.807, 2.05) is 0 Å². The Labute approximate surface area is 180 Å². The van der Waals surface area contributed by atoms with Gasteiger partial charge in [-0.15, -0.1) is 0 Å². The minimum absolute atomic E-state index is 0.102. The molecule has 2 aromatic rings. The van der Waals surface area contributed by atoms with E-state index in [0.29, 0.717) is 0 Å². The maximum absolute atomic E-state index is 12.1. The van der Waals surface area contributed by atoms with E-state index >= 15 is 0 Å². The van der Waals surface area contributed by atoms with Crippen molar-refractivity contribution in [2.45, 2.75) is 6.92 Å². The van der Waals surface area contributed by atoms with Crippen LogP contribution >= 0.6 is 0 Å². The Morgan fingerprint density at radius 2 is 1.69 bits per heavy atom. The average Bonchev–Trinajstić information content (AvgIpc) is 2.75. The second-order valence-electron chi connectivity index (χ2n) is 6.29. The average molecular weight is 446 g/mol. The summed E-state index contributed by atoms with van der Waals surface area (Å²) in [5.74, 6) is -2.21. The summed E-state index contributed by atoms with van der Waals surface area (Å²) in [5.41, 5.74) is -0.294. The minimum atomic E-state index is -0.934. The van der Waals surface area contributed by atoms with Gasteiger partial charge in [0.2, 0.25) is 0 Å². The maximum atomic E-state index is 12.1. The predicted octanol–water partition coefficient (Wildman–Crippen LogP) is 1.73. The molecule has 2 N–H and O–H groups in total. The van der Waals surface area contributed by atoms with Crippen LogP contribution in [0.3, 0.4) is 0 Å². The zero-order chi connectivity index (χ0) is 23.8. The van der Waals surface area contributed by atoms with Crippen molar-refractivity contribution in [1.29, 1.82) is 0 Å². The van der Waals surface area contributed by atoms with Gasteiger partial charge in [0.05, 0.1) is 23.0 Å². The fourth-order valence-corrected chi connectivity index (χ4v) is 2.53. The van der Waals surface area contributed by atoms with Crippen LogP contribution in [0, 0.1) is 27.2 Å². The number of amides is 2. The molecule has 32 heavy (non-hydrogen) atoms. The zero-order valence-electron chi connectivity index (χ0n) is 16.9. The molecular formula is C19H18N4O9. The molecule has 0 spiro atoms. The molecule has 168 valence electrons. The molecule has 2 rings (SSSR count). The highest BCUT2D eigenvalue weighted by atomic mass is 16.6. The van der Waals surface area contributed by atoms with Gasteiger partial charge in [0.25, 0.3) is 23.2 Å². The van der Waals surface area contributed by atoms with Gasteiger partial charge in [-0.25, -0.2) is 0 Å². The summed E-state index contributed by atoms with van der Waals surface area (Å²) < 4.78 is 9.63. The first-order valence-electron chi connectivity index (χ1n) is 8.93. The van der Waals surface area contributed by atoms with Crippen LogP contribution in [0.4, 0.5) is 17.1 Å². The molecule has 2 aromatic carbocycles. The number of rotatable bonds is 9. The number of nitrogens with zero attached hydrogens (tertiary/aromatic N) is 2. The minimum Gasteiger partial charge on any atom is -0.496 e. The van der Waals surface area contributed by atoms with Gasteiger partial charge < -0.3 is 20.1 Å². The van der Waals surface area contributed by atoms with Crippen molar-refractivity contribution < 1.29 is 33.7 Å². The predicted molar refractivity (Wildman–Crippen MR) is 109 cm³/mol. The van der Waals surface area contributed by atoms with Crippen LogP contribution < -0.4 is 15.4 Å². The molecule has 0 atom stereocenters. The van der Waals surface area contributed by atoms with Crippen molar-refractivity contribution in [2.75, 3.05) is 25.6 Å². The van der Waals surface area contributed by atoms with Crippen molar-refractivity contribution in [1.82, 2.24) is 5.32 Å².